The van der Waals surface area contributed by atoms with Gasteiger partial charge < -0.3 is 9.47 Å². The summed E-state index contributed by atoms with van der Waals surface area (Å²) in [6.45, 7) is 0.423. The van der Waals surface area contributed by atoms with Gasteiger partial charge in [-0.05, 0) is 19.3 Å². The molecule has 4 nitrogen and oxygen atoms in total. The highest BCUT2D eigenvalue weighted by Gasteiger charge is 2.30. The fraction of sp³-hybridized carbons (Fsp3) is 0.750. The summed E-state index contributed by atoms with van der Waals surface area (Å²) in [6.07, 6.45) is 2.22. The van der Waals surface area contributed by atoms with Gasteiger partial charge in [0.2, 0.25) is 0 Å². The van der Waals surface area contributed by atoms with E-state index in [0.29, 0.717) is 13.0 Å². The predicted octanol–water partition coefficient (Wildman–Crippen LogP) is 0.503. The number of rotatable bonds is 1. The van der Waals surface area contributed by atoms with Crippen molar-refractivity contribution in [3.8, 4) is 0 Å². The molecule has 12 heavy (non-hydrogen) atoms. The van der Waals surface area contributed by atoms with Gasteiger partial charge in [0.15, 0.2) is 5.92 Å². The number of ether oxygens (including phenoxy) is 2. The molecule has 68 valence electrons. The van der Waals surface area contributed by atoms with E-state index in [1.54, 1.807) is 0 Å². The average Bonchev–Trinajstić information content (AvgIpc) is 2.28. The number of hydrogen-bond donors (Lipinski definition) is 0. The number of carbonyl (C=O) groups excluding carboxylic acids is 2. The molecule has 1 aliphatic rings. The zero-order valence-electron chi connectivity index (χ0n) is 7.04. The Morgan fingerprint density at radius 2 is 2.33 bits per heavy atom. The van der Waals surface area contributed by atoms with E-state index in [4.69, 9.17) is 4.74 Å². The summed E-state index contributed by atoms with van der Waals surface area (Å²) >= 11 is 0. The fourth-order valence-electron chi connectivity index (χ4n) is 1.20. The number of esters is 2. The quantitative estimate of drug-likeness (QED) is 0.427. The third-order valence-electron chi connectivity index (χ3n) is 1.90. The summed E-state index contributed by atoms with van der Waals surface area (Å²) in [7, 11) is 1.28. The van der Waals surface area contributed by atoms with Crippen LogP contribution in [-0.2, 0) is 19.1 Å². The Bertz CT molecular complexity index is 187. The molecule has 0 aromatic rings. The van der Waals surface area contributed by atoms with Crippen molar-refractivity contribution in [2.24, 2.45) is 5.92 Å². The molecule has 4 heteroatoms. The van der Waals surface area contributed by atoms with Crippen LogP contribution in [0.25, 0.3) is 0 Å². The fourth-order valence-corrected chi connectivity index (χ4v) is 1.20. The van der Waals surface area contributed by atoms with Crippen molar-refractivity contribution in [3.05, 3.63) is 0 Å². The maximum absolute atomic E-state index is 11.1. The smallest absolute Gasteiger partial charge is 0.320 e. The highest BCUT2D eigenvalue weighted by Crippen LogP contribution is 2.16. The summed E-state index contributed by atoms with van der Waals surface area (Å²) in [5, 5.41) is 0. The molecule has 0 spiro atoms. The van der Waals surface area contributed by atoms with E-state index in [-0.39, 0.29) is 0 Å². The van der Waals surface area contributed by atoms with Crippen LogP contribution in [-0.4, -0.2) is 25.7 Å². The Hall–Kier alpha value is -1.06. The van der Waals surface area contributed by atoms with Crippen molar-refractivity contribution in [2.75, 3.05) is 13.7 Å². The van der Waals surface area contributed by atoms with Crippen molar-refractivity contribution in [2.45, 2.75) is 19.3 Å². The van der Waals surface area contributed by atoms with Gasteiger partial charge in [-0.2, -0.15) is 0 Å². The van der Waals surface area contributed by atoms with Crippen LogP contribution in [0.15, 0.2) is 0 Å². The molecule has 0 aromatic heterocycles. The van der Waals surface area contributed by atoms with Crippen LogP contribution in [0, 0.1) is 5.92 Å². The number of hydrogen-bond acceptors (Lipinski definition) is 4. The highest BCUT2D eigenvalue weighted by molar-refractivity contribution is 5.94. The monoisotopic (exact) mass is 172 g/mol. The van der Waals surface area contributed by atoms with Crippen LogP contribution in [0.2, 0.25) is 0 Å². The molecule has 0 aliphatic carbocycles. The van der Waals surface area contributed by atoms with Gasteiger partial charge in [-0.3, -0.25) is 9.59 Å². The molecule has 0 aromatic carbocycles. The molecule has 1 fully saturated rings. The molecule has 1 rings (SSSR count). The lowest BCUT2D eigenvalue weighted by Gasteiger charge is -2.08. The van der Waals surface area contributed by atoms with E-state index in [1.807, 2.05) is 0 Å². The van der Waals surface area contributed by atoms with Gasteiger partial charge in [0, 0.05) is 0 Å². The third-order valence-corrected chi connectivity index (χ3v) is 1.90. The van der Waals surface area contributed by atoms with Crippen molar-refractivity contribution in [3.63, 3.8) is 0 Å². The highest BCUT2D eigenvalue weighted by atomic mass is 16.5. The summed E-state index contributed by atoms with van der Waals surface area (Å²) in [5.74, 6) is -1.63. The minimum absolute atomic E-state index is 0.423. The van der Waals surface area contributed by atoms with Gasteiger partial charge in [0.1, 0.15) is 0 Å². The first kappa shape index (κ1) is 9.03. The Balaban J connectivity index is 2.59. The molecule has 0 bridgehead atoms. The van der Waals surface area contributed by atoms with Crippen LogP contribution in [0.1, 0.15) is 19.3 Å². The first-order valence-electron chi connectivity index (χ1n) is 4.00. The molecular weight excluding hydrogens is 160 g/mol. The van der Waals surface area contributed by atoms with E-state index >= 15 is 0 Å². The maximum Gasteiger partial charge on any atom is 0.320 e. The predicted molar refractivity (Wildman–Crippen MR) is 40.3 cm³/mol. The van der Waals surface area contributed by atoms with Gasteiger partial charge in [0.05, 0.1) is 13.7 Å². The lowest BCUT2D eigenvalue weighted by molar-refractivity contribution is -0.159. The van der Waals surface area contributed by atoms with E-state index in [0.717, 1.165) is 12.8 Å². The molecule has 1 aliphatic heterocycles. The lowest BCUT2D eigenvalue weighted by atomic mass is 10.0. The largest absolute Gasteiger partial charge is 0.468 e. The van der Waals surface area contributed by atoms with E-state index in [2.05, 4.69) is 4.74 Å². The van der Waals surface area contributed by atoms with E-state index in [1.165, 1.54) is 7.11 Å². The molecule has 1 heterocycles. The van der Waals surface area contributed by atoms with E-state index in [9.17, 15) is 9.59 Å². The van der Waals surface area contributed by atoms with Gasteiger partial charge in [-0.1, -0.05) is 0 Å². The Labute approximate surface area is 70.8 Å². The third kappa shape index (κ3) is 1.96. The maximum atomic E-state index is 11.1. The molecule has 0 amide bonds. The summed E-state index contributed by atoms with van der Waals surface area (Å²) in [4.78, 5) is 22.1. The number of methoxy groups -OCH3 is 1. The molecule has 0 N–H and O–H groups in total. The standard InChI is InChI=1S/C8H12O4/c1-11-7(9)6-4-2-3-5-12-8(6)10/h6H,2-5H2,1H3/t6-/m0/s1. The second-order valence-corrected chi connectivity index (χ2v) is 2.74. The zero-order valence-corrected chi connectivity index (χ0v) is 7.04. The lowest BCUT2D eigenvalue weighted by Crippen LogP contribution is -2.25. The van der Waals surface area contributed by atoms with Crippen LogP contribution >= 0.6 is 0 Å². The van der Waals surface area contributed by atoms with Crippen molar-refractivity contribution in [1.29, 1.82) is 0 Å². The summed E-state index contributed by atoms with van der Waals surface area (Å²) in [5.41, 5.74) is 0. The van der Waals surface area contributed by atoms with Crippen LogP contribution in [0.4, 0.5) is 0 Å². The second-order valence-electron chi connectivity index (χ2n) is 2.74. The van der Waals surface area contributed by atoms with Crippen LogP contribution in [0.5, 0.6) is 0 Å². The summed E-state index contributed by atoms with van der Waals surface area (Å²) < 4.78 is 9.27. The van der Waals surface area contributed by atoms with Crippen LogP contribution < -0.4 is 0 Å². The molecule has 0 radical (unpaired) electrons. The zero-order chi connectivity index (χ0) is 8.97. The Morgan fingerprint density at radius 1 is 1.58 bits per heavy atom. The minimum Gasteiger partial charge on any atom is -0.468 e. The van der Waals surface area contributed by atoms with E-state index < -0.39 is 17.9 Å². The first-order chi connectivity index (χ1) is 5.75. The molecular formula is C8H12O4. The topological polar surface area (TPSA) is 52.6 Å². The minimum atomic E-state index is -0.697. The number of carbonyl (C=O) groups is 2. The first-order valence-corrected chi connectivity index (χ1v) is 4.00. The van der Waals surface area contributed by atoms with Gasteiger partial charge in [0.25, 0.3) is 0 Å². The van der Waals surface area contributed by atoms with Gasteiger partial charge in [-0.15, -0.1) is 0 Å². The SMILES string of the molecule is COC(=O)[C@@H]1CCCCOC1=O. The van der Waals surface area contributed by atoms with Crippen molar-refractivity contribution >= 4 is 11.9 Å². The normalized spacial score (nSPS) is 24.1. The molecule has 0 unspecified atom stereocenters. The average molecular weight is 172 g/mol. The number of cyclic esters (lactones) is 1. The molecule has 1 atom stereocenters. The summed E-state index contributed by atoms with van der Waals surface area (Å²) in [6, 6.07) is 0. The molecule has 1 saturated heterocycles. The second kappa shape index (κ2) is 4.09. The van der Waals surface area contributed by atoms with Crippen molar-refractivity contribution in [1.82, 2.24) is 0 Å². The van der Waals surface area contributed by atoms with Gasteiger partial charge >= 0.3 is 11.9 Å². The Kier molecular flexibility index (Phi) is 3.08. The Morgan fingerprint density at radius 3 is 3.00 bits per heavy atom. The molecule has 0 saturated carbocycles. The van der Waals surface area contributed by atoms with Crippen LogP contribution in [0.3, 0.4) is 0 Å². The van der Waals surface area contributed by atoms with Gasteiger partial charge in [-0.25, -0.2) is 0 Å². The van der Waals surface area contributed by atoms with Crippen molar-refractivity contribution < 1.29 is 19.1 Å².